The summed E-state index contributed by atoms with van der Waals surface area (Å²) in [7, 11) is -0.442. The van der Waals surface area contributed by atoms with E-state index in [1.807, 2.05) is 39.0 Å². The Morgan fingerprint density at radius 1 is 1.04 bits per heavy atom. The van der Waals surface area contributed by atoms with E-state index in [0.717, 1.165) is 29.8 Å². The molecule has 1 aromatic rings. The van der Waals surface area contributed by atoms with Crippen molar-refractivity contribution in [1.29, 1.82) is 0 Å². The van der Waals surface area contributed by atoms with Crippen LogP contribution in [0.1, 0.15) is 61.3 Å². The fraction of sp³-hybridized carbons (Fsp3) is 0.684. The monoisotopic (exact) mass is 332 g/mol. The van der Waals surface area contributed by atoms with Gasteiger partial charge in [0.25, 0.3) is 0 Å². The lowest BCUT2D eigenvalue weighted by atomic mass is 9.78. The van der Waals surface area contributed by atoms with Crippen molar-refractivity contribution in [2.24, 2.45) is 0 Å². The van der Waals surface area contributed by atoms with Crippen molar-refractivity contribution >= 4 is 12.6 Å². The van der Waals surface area contributed by atoms with Gasteiger partial charge in [-0.15, -0.1) is 0 Å². The number of rotatable bonds is 4. The molecule has 0 atom stereocenters. The fourth-order valence-electron chi connectivity index (χ4n) is 2.55. The van der Waals surface area contributed by atoms with Gasteiger partial charge in [-0.1, -0.05) is 6.07 Å². The van der Waals surface area contributed by atoms with E-state index in [1.165, 1.54) is 0 Å². The average molecular weight is 332 g/mol. The molecule has 0 N–H and O–H groups in total. The third-order valence-corrected chi connectivity index (χ3v) is 4.74. The molecule has 0 radical (unpaired) electrons. The molecule has 2 fully saturated rings. The van der Waals surface area contributed by atoms with Crippen LogP contribution in [0.5, 0.6) is 11.5 Å². The Morgan fingerprint density at radius 2 is 1.62 bits per heavy atom. The van der Waals surface area contributed by atoms with Crippen molar-refractivity contribution in [2.75, 3.05) is 0 Å². The Kier molecular flexibility index (Phi) is 4.16. The van der Waals surface area contributed by atoms with Crippen LogP contribution in [0.3, 0.4) is 0 Å². The molecule has 4 nitrogen and oxygen atoms in total. The van der Waals surface area contributed by atoms with Crippen LogP contribution in [-0.2, 0) is 9.31 Å². The highest BCUT2D eigenvalue weighted by Gasteiger charge is 2.52. The highest BCUT2D eigenvalue weighted by atomic mass is 16.7. The van der Waals surface area contributed by atoms with Crippen molar-refractivity contribution in [1.82, 2.24) is 0 Å². The van der Waals surface area contributed by atoms with E-state index in [9.17, 15) is 0 Å². The van der Waals surface area contributed by atoms with Crippen LogP contribution in [-0.4, -0.2) is 30.0 Å². The molecular formula is C19H29BO4. The Balaban J connectivity index is 1.91. The second-order valence-electron chi connectivity index (χ2n) is 8.82. The molecule has 0 amide bonds. The normalized spacial score (nSPS) is 22.5. The standard InChI is InChI=1S/C19H29BO4/c1-17(2,3)22-16-12-14(21-13-8-9-13)10-11-15(16)20-23-18(4,5)19(6,7)24-20/h10-13H,8-9H2,1-7H3. The van der Waals surface area contributed by atoms with Crippen LogP contribution in [0.25, 0.3) is 0 Å². The van der Waals surface area contributed by atoms with Crippen molar-refractivity contribution < 1.29 is 18.8 Å². The topological polar surface area (TPSA) is 36.9 Å². The summed E-state index contributed by atoms with van der Waals surface area (Å²) in [5.41, 5.74) is -0.150. The molecule has 0 bridgehead atoms. The lowest BCUT2D eigenvalue weighted by Gasteiger charge is -2.32. The summed E-state index contributed by atoms with van der Waals surface area (Å²) in [5.74, 6) is 1.61. The summed E-state index contributed by atoms with van der Waals surface area (Å²) in [5, 5.41) is 0. The van der Waals surface area contributed by atoms with Gasteiger partial charge in [0.15, 0.2) is 0 Å². The van der Waals surface area contributed by atoms with Gasteiger partial charge in [-0.05, 0) is 67.4 Å². The zero-order valence-corrected chi connectivity index (χ0v) is 15.9. The van der Waals surface area contributed by atoms with Gasteiger partial charge in [0.05, 0.1) is 17.3 Å². The number of benzene rings is 1. The summed E-state index contributed by atoms with van der Waals surface area (Å²) in [6, 6.07) is 5.94. The van der Waals surface area contributed by atoms with Crippen molar-refractivity contribution in [3.63, 3.8) is 0 Å². The van der Waals surface area contributed by atoms with Gasteiger partial charge in [0, 0.05) is 11.5 Å². The molecule has 24 heavy (non-hydrogen) atoms. The Labute approximate surface area is 146 Å². The maximum Gasteiger partial charge on any atom is 0.498 e. The van der Waals surface area contributed by atoms with Crippen LogP contribution in [0.15, 0.2) is 18.2 Å². The van der Waals surface area contributed by atoms with Crippen LogP contribution < -0.4 is 14.9 Å². The Bertz CT molecular complexity index is 598. The summed E-state index contributed by atoms with van der Waals surface area (Å²) in [4.78, 5) is 0. The van der Waals surface area contributed by atoms with E-state index < -0.39 is 7.12 Å². The number of hydrogen-bond donors (Lipinski definition) is 0. The van der Waals surface area contributed by atoms with Gasteiger partial charge < -0.3 is 18.8 Å². The van der Waals surface area contributed by atoms with Crippen LogP contribution in [0, 0.1) is 0 Å². The predicted molar refractivity (Wildman–Crippen MR) is 96.2 cm³/mol. The smallest absolute Gasteiger partial charge is 0.490 e. The molecule has 2 aliphatic rings. The highest BCUT2D eigenvalue weighted by molar-refractivity contribution is 6.63. The lowest BCUT2D eigenvalue weighted by molar-refractivity contribution is 0.00578. The molecule has 1 heterocycles. The highest BCUT2D eigenvalue weighted by Crippen LogP contribution is 2.38. The third kappa shape index (κ3) is 3.73. The van der Waals surface area contributed by atoms with Crippen molar-refractivity contribution in [2.45, 2.75) is 84.2 Å². The molecule has 0 unspecified atom stereocenters. The van der Waals surface area contributed by atoms with Gasteiger partial charge in [-0.3, -0.25) is 0 Å². The van der Waals surface area contributed by atoms with Crippen molar-refractivity contribution in [3.05, 3.63) is 18.2 Å². The summed E-state index contributed by atoms with van der Waals surface area (Å²) < 4.78 is 24.5. The van der Waals surface area contributed by atoms with Gasteiger partial charge >= 0.3 is 7.12 Å². The average Bonchev–Trinajstić information content (AvgIpc) is 3.15. The molecule has 0 aromatic heterocycles. The van der Waals surface area contributed by atoms with Gasteiger partial charge in [-0.25, -0.2) is 0 Å². The number of ether oxygens (including phenoxy) is 2. The first-order chi connectivity index (χ1) is 11.0. The lowest BCUT2D eigenvalue weighted by Crippen LogP contribution is -2.41. The second kappa shape index (κ2) is 5.67. The summed E-state index contributed by atoms with van der Waals surface area (Å²) in [6.07, 6.45) is 2.62. The predicted octanol–water partition coefficient (Wildman–Crippen LogP) is 3.70. The molecule has 1 saturated heterocycles. The third-order valence-electron chi connectivity index (χ3n) is 4.74. The van der Waals surface area contributed by atoms with Crippen LogP contribution in [0.4, 0.5) is 0 Å². The van der Waals surface area contributed by atoms with Gasteiger partial charge in [0.2, 0.25) is 0 Å². The first kappa shape index (κ1) is 17.6. The quantitative estimate of drug-likeness (QED) is 0.788. The summed E-state index contributed by atoms with van der Waals surface area (Å²) >= 11 is 0. The molecular weight excluding hydrogens is 303 g/mol. The fourth-order valence-corrected chi connectivity index (χ4v) is 2.55. The van der Waals surface area contributed by atoms with E-state index in [4.69, 9.17) is 18.8 Å². The minimum Gasteiger partial charge on any atom is -0.490 e. The zero-order valence-electron chi connectivity index (χ0n) is 15.9. The molecule has 5 heteroatoms. The maximum absolute atomic E-state index is 6.20. The van der Waals surface area contributed by atoms with E-state index >= 15 is 0 Å². The first-order valence-electron chi connectivity index (χ1n) is 8.82. The minimum atomic E-state index is -0.442. The maximum atomic E-state index is 6.20. The van der Waals surface area contributed by atoms with Gasteiger partial charge in [0.1, 0.15) is 17.1 Å². The van der Waals surface area contributed by atoms with Crippen molar-refractivity contribution in [3.8, 4) is 11.5 Å². The Morgan fingerprint density at radius 3 is 2.12 bits per heavy atom. The minimum absolute atomic E-state index is 0.309. The van der Waals surface area contributed by atoms with Crippen LogP contribution >= 0.6 is 0 Å². The summed E-state index contributed by atoms with van der Waals surface area (Å²) in [6.45, 7) is 14.3. The SMILES string of the molecule is CC(C)(C)Oc1cc(OC2CC2)ccc1B1OC(C)(C)C(C)(C)O1. The van der Waals surface area contributed by atoms with E-state index in [-0.39, 0.29) is 16.8 Å². The Hall–Kier alpha value is -1.20. The zero-order chi connectivity index (χ0) is 17.8. The first-order valence-corrected chi connectivity index (χ1v) is 8.82. The van der Waals surface area contributed by atoms with E-state index in [0.29, 0.717) is 6.10 Å². The van der Waals surface area contributed by atoms with Crippen LogP contribution in [0.2, 0.25) is 0 Å². The molecule has 132 valence electrons. The molecule has 1 aromatic carbocycles. The van der Waals surface area contributed by atoms with E-state index in [2.05, 4.69) is 27.7 Å². The number of hydrogen-bond acceptors (Lipinski definition) is 4. The largest absolute Gasteiger partial charge is 0.498 e. The molecule has 1 aliphatic heterocycles. The second-order valence-corrected chi connectivity index (χ2v) is 8.82. The molecule has 1 saturated carbocycles. The molecule has 3 rings (SSSR count). The molecule has 1 aliphatic carbocycles. The van der Waals surface area contributed by atoms with Gasteiger partial charge in [-0.2, -0.15) is 0 Å². The molecule has 0 spiro atoms. The van der Waals surface area contributed by atoms with E-state index in [1.54, 1.807) is 0 Å².